The Bertz CT molecular complexity index is 865. The first-order valence-electron chi connectivity index (χ1n) is 9.60. The Labute approximate surface area is 167 Å². The van der Waals surface area contributed by atoms with E-state index in [-0.39, 0.29) is 5.41 Å². The van der Waals surface area contributed by atoms with Crippen LogP contribution in [0.4, 0.5) is 0 Å². The van der Waals surface area contributed by atoms with Crippen molar-refractivity contribution in [2.45, 2.75) is 32.4 Å². The summed E-state index contributed by atoms with van der Waals surface area (Å²) in [5.74, 6) is 0.812. The maximum atomic E-state index is 4.35. The lowest BCUT2D eigenvalue weighted by Gasteiger charge is -2.26. The molecule has 0 spiro atoms. The van der Waals surface area contributed by atoms with Gasteiger partial charge in [-0.3, -0.25) is 4.99 Å². The maximum absolute atomic E-state index is 4.35. The predicted molar refractivity (Wildman–Crippen MR) is 115 cm³/mol. The lowest BCUT2D eigenvalue weighted by atomic mass is 9.85. The molecule has 0 bridgehead atoms. The molecule has 2 aromatic carbocycles. The Morgan fingerprint density at radius 1 is 1.00 bits per heavy atom. The molecule has 0 saturated heterocycles. The highest BCUT2D eigenvalue weighted by Crippen LogP contribution is 2.21. The summed E-state index contributed by atoms with van der Waals surface area (Å²) in [6.45, 7) is 6.85. The first kappa shape index (κ1) is 19.7. The molecule has 2 N–H and O–H groups in total. The quantitative estimate of drug-likeness (QED) is 0.490. The van der Waals surface area contributed by atoms with Gasteiger partial charge in [0.25, 0.3) is 0 Å². The highest BCUT2D eigenvalue weighted by molar-refractivity contribution is 5.79. The number of rotatable bonds is 7. The van der Waals surface area contributed by atoms with E-state index in [4.69, 9.17) is 0 Å². The van der Waals surface area contributed by atoms with Crippen molar-refractivity contribution in [1.82, 2.24) is 20.2 Å². The van der Waals surface area contributed by atoms with Crippen molar-refractivity contribution in [1.29, 1.82) is 0 Å². The number of guanidine groups is 1. The van der Waals surface area contributed by atoms with E-state index < -0.39 is 0 Å². The highest BCUT2D eigenvalue weighted by Gasteiger charge is 2.20. The van der Waals surface area contributed by atoms with Crippen LogP contribution in [0, 0.1) is 0 Å². The molecule has 0 radical (unpaired) electrons. The van der Waals surface area contributed by atoms with Crippen LogP contribution in [-0.4, -0.2) is 29.1 Å². The molecule has 3 rings (SSSR count). The van der Waals surface area contributed by atoms with E-state index in [2.05, 4.69) is 87.6 Å². The Hall–Kier alpha value is -3.08. The van der Waals surface area contributed by atoms with Gasteiger partial charge in [0.2, 0.25) is 0 Å². The van der Waals surface area contributed by atoms with Crippen LogP contribution in [0.25, 0.3) is 0 Å². The SMILES string of the molecule is CN=C(NCc1ccc(Cn2ccnc2)cc1)NCC(C)(C)c1ccccc1. The maximum Gasteiger partial charge on any atom is 0.191 e. The number of aliphatic imine (C=N–C) groups is 1. The number of imidazole rings is 1. The summed E-state index contributed by atoms with van der Waals surface area (Å²) in [5.41, 5.74) is 3.81. The standard InChI is InChI=1S/C23H29N5/c1-23(2,21-7-5-4-6-8-21)17-27-22(24-3)26-15-19-9-11-20(12-10-19)16-28-14-13-25-18-28/h4-14,18H,15-17H2,1-3H3,(H2,24,26,27). The zero-order chi connectivity index (χ0) is 19.8. The van der Waals surface area contributed by atoms with Crippen molar-refractivity contribution in [3.8, 4) is 0 Å². The summed E-state index contributed by atoms with van der Waals surface area (Å²) in [6.07, 6.45) is 5.61. The van der Waals surface area contributed by atoms with Crippen LogP contribution in [0.1, 0.15) is 30.5 Å². The van der Waals surface area contributed by atoms with Gasteiger partial charge in [-0.2, -0.15) is 0 Å². The topological polar surface area (TPSA) is 54.2 Å². The van der Waals surface area contributed by atoms with Crippen LogP contribution < -0.4 is 10.6 Å². The minimum absolute atomic E-state index is 0.0217. The van der Waals surface area contributed by atoms with Gasteiger partial charge in [-0.1, -0.05) is 68.4 Å². The second-order valence-corrected chi connectivity index (χ2v) is 7.58. The normalized spacial score (nSPS) is 12.0. The lowest BCUT2D eigenvalue weighted by molar-refractivity contribution is 0.508. The van der Waals surface area contributed by atoms with Gasteiger partial charge in [0.05, 0.1) is 6.33 Å². The van der Waals surface area contributed by atoms with E-state index in [1.807, 2.05) is 18.6 Å². The summed E-state index contributed by atoms with van der Waals surface area (Å²) in [4.78, 5) is 8.43. The second-order valence-electron chi connectivity index (χ2n) is 7.58. The fourth-order valence-electron chi connectivity index (χ4n) is 3.06. The lowest BCUT2D eigenvalue weighted by Crippen LogP contribution is -2.43. The molecule has 3 aromatic rings. The van der Waals surface area contributed by atoms with Gasteiger partial charge < -0.3 is 15.2 Å². The largest absolute Gasteiger partial charge is 0.356 e. The molecule has 146 valence electrons. The van der Waals surface area contributed by atoms with Crippen molar-refractivity contribution >= 4 is 5.96 Å². The molecule has 1 heterocycles. The smallest absolute Gasteiger partial charge is 0.191 e. The van der Waals surface area contributed by atoms with E-state index in [0.717, 1.165) is 25.6 Å². The van der Waals surface area contributed by atoms with Crippen LogP contribution in [0.2, 0.25) is 0 Å². The molecule has 0 aliphatic rings. The highest BCUT2D eigenvalue weighted by atomic mass is 15.2. The molecule has 28 heavy (non-hydrogen) atoms. The van der Waals surface area contributed by atoms with E-state index in [0.29, 0.717) is 0 Å². The zero-order valence-corrected chi connectivity index (χ0v) is 16.9. The van der Waals surface area contributed by atoms with E-state index in [9.17, 15) is 0 Å². The Morgan fingerprint density at radius 2 is 1.71 bits per heavy atom. The number of hydrogen-bond acceptors (Lipinski definition) is 2. The summed E-state index contributed by atoms with van der Waals surface area (Å²) in [6, 6.07) is 19.2. The molecule has 5 nitrogen and oxygen atoms in total. The minimum Gasteiger partial charge on any atom is -0.356 e. The molecule has 0 saturated carbocycles. The van der Waals surface area contributed by atoms with Crippen molar-refractivity contribution in [2.75, 3.05) is 13.6 Å². The molecule has 0 aliphatic carbocycles. The van der Waals surface area contributed by atoms with E-state index in [1.165, 1.54) is 16.7 Å². The monoisotopic (exact) mass is 375 g/mol. The number of nitrogens with zero attached hydrogens (tertiary/aromatic N) is 3. The molecule has 0 fully saturated rings. The average molecular weight is 376 g/mol. The number of hydrogen-bond donors (Lipinski definition) is 2. The van der Waals surface area contributed by atoms with Crippen LogP contribution >= 0.6 is 0 Å². The van der Waals surface area contributed by atoms with Gasteiger partial charge in [0.1, 0.15) is 0 Å². The fourth-order valence-corrected chi connectivity index (χ4v) is 3.06. The van der Waals surface area contributed by atoms with Gasteiger partial charge in [-0.05, 0) is 16.7 Å². The van der Waals surface area contributed by atoms with Crippen LogP contribution in [0.3, 0.4) is 0 Å². The molecule has 0 unspecified atom stereocenters. The molecule has 0 amide bonds. The Balaban J connectivity index is 1.50. The molecule has 0 aliphatic heterocycles. The van der Waals surface area contributed by atoms with E-state index in [1.54, 1.807) is 13.2 Å². The fraction of sp³-hybridized carbons (Fsp3) is 0.304. The zero-order valence-electron chi connectivity index (χ0n) is 16.9. The van der Waals surface area contributed by atoms with Crippen molar-refractivity contribution in [2.24, 2.45) is 4.99 Å². The van der Waals surface area contributed by atoms with Crippen LogP contribution in [0.5, 0.6) is 0 Å². The average Bonchev–Trinajstić information content (AvgIpc) is 3.23. The first-order chi connectivity index (χ1) is 13.6. The van der Waals surface area contributed by atoms with Gasteiger partial charge in [-0.15, -0.1) is 0 Å². The molecular formula is C23H29N5. The second kappa shape index (κ2) is 9.22. The van der Waals surface area contributed by atoms with Gasteiger partial charge in [0, 0.05) is 44.5 Å². The van der Waals surface area contributed by atoms with Crippen molar-refractivity contribution in [3.63, 3.8) is 0 Å². The summed E-state index contributed by atoms with van der Waals surface area (Å²) in [5, 5.41) is 6.85. The minimum atomic E-state index is 0.0217. The third-order valence-electron chi connectivity index (χ3n) is 4.88. The summed E-state index contributed by atoms with van der Waals surface area (Å²) in [7, 11) is 1.80. The van der Waals surface area contributed by atoms with Gasteiger partial charge >= 0.3 is 0 Å². The number of nitrogens with one attached hydrogen (secondary N) is 2. The molecule has 1 aromatic heterocycles. The predicted octanol–water partition coefficient (Wildman–Crippen LogP) is 3.57. The third kappa shape index (κ3) is 5.46. The molecule has 0 atom stereocenters. The van der Waals surface area contributed by atoms with Crippen molar-refractivity contribution < 1.29 is 0 Å². The van der Waals surface area contributed by atoms with Gasteiger partial charge in [0.15, 0.2) is 5.96 Å². The number of benzene rings is 2. The third-order valence-corrected chi connectivity index (χ3v) is 4.88. The first-order valence-corrected chi connectivity index (χ1v) is 9.60. The molecular weight excluding hydrogens is 346 g/mol. The van der Waals surface area contributed by atoms with Crippen LogP contribution in [0.15, 0.2) is 78.3 Å². The Kier molecular flexibility index (Phi) is 6.48. The van der Waals surface area contributed by atoms with E-state index >= 15 is 0 Å². The van der Waals surface area contributed by atoms with Crippen molar-refractivity contribution in [3.05, 3.63) is 90.0 Å². The molecule has 5 heteroatoms. The van der Waals surface area contributed by atoms with Crippen LogP contribution in [-0.2, 0) is 18.5 Å². The van der Waals surface area contributed by atoms with Gasteiger partial charge in [-0.25, -0.2) is 4.98 Å². The number of aromatic nitrogens is 2. The summed E-state index contributed by atoms with van der Waals surface area (Å²) >= 11 is 0. The summed E-state index contributed by atoms with van der Waals surface area (Å²) < 4.78 is 2.06. The Morgan fingerprint density at radius 3 is 2.36 bits per heavy atom.